The number of hydrogen-bond acceptors (Lipinski definition) is 7. The summed E-state index contributed by atoms with van der Waals surface area (Å²) in [6.07, 6.45) is 1.79. The predicted octanol–water partition coefficient (Wildman–Crippen LogP) is 8.77. The smallest absolute Gasteiger partial charge is 0.227 e. The first-order chi connectivity index (χ1) is 16.7. The van der Waals surface area contributed by atoms with Crippen LogP contribution in [0.4, 0.5) is 4.39 Å². The van der Waals surface area contributed by atoms with Gasteiger partial charge in [0.05, 0.1) is 14.9 Å². The Morgan fingerprint density at radius 1 is 0.750 bits per heavy atom. The van der Waals surface area contributed by atoms with Crippen molar-refractivity contribution in [2.75, 3.05) is 0 Å². The van der Waals surface area contributed by atoms with E-state index in [9.17, 15) is 4.39 Å². The van der Waals surface area contributed by atoms with Crippen LogP contribution in [0.15, 0.2) is 6.33 Å². The normalized spacial score (nSPS) is 11.3. The third-order valence-corrected chi connectivity index (χ3v) is 8.30. The highest BCUT2D eigenvalue weighted by Crippen LogP contribution is 2.30. The van der Waals surface area contributed by atoms with Crippen LogP contribution in [0.2, 0.25) is 0 Å². The van der Waals surface area contributed by atoms with Gasteiger partial charge in [-0.15, -0.1) is 22.7 Å². The highest BCUT2D eigenvalue weighted by Gasteiger charge is 2.16. The topological polar surface area (TPSA) is 80.3 Å². The van der Waals surface area contributed by atoms with Crippen LogP contribution in [-0.2, 0) is 0 Å². The Kier molecular flexibility index (Phi) is 12.9. The van der Waals surface area contributed by atoms with Gasteiger partial charge in [-0.25, -0.2) is 15.0 Å². The molecule has 0 saturated carbocycles. The van der Waals surface area contributed by atoms with E-state index in [-0.39, 0.29) is 11.9 Å². The second-order valence-corrected chi connectivity index (χ2v) is 12.7. The molecule has 0 aliphatic carbocycles. The summed E-state index contributed by atoms with van der Waals surface area (Å²) in [7, 11) is 0. The molecule has 0 radical (unpaired) electrons. The lowest BCUT2D eigenvalue weighted by atomic mass is 10.1. The molecular formula is C27H43FN6S2. The van der Waals surface area contributed by atoms with E-state index in [0.717, 1.165) is 25.6 Å². The monoisotopic (exact) mass is 534 g/mol. The van der Waals surface area contributed by atoms with Gasteiger partial charge in [-0.05, 0) is 25.7 Å². The van der Waals surface area contributed by atoms with Crippen LogP contribution in [-0.4, -0.2) is 24.7 Å². The molecule has 0 fully saturated rings. The molecule has 0 amide bonds. The lowest BCUT2D eigenvalue weighted by Gasteiger charge is -2.02. The number of nitrogens with zero attached hydrogens (tertiary/aromatic N) is 6. The summed E-state index contributed by atoms with van der Waals surface area (Å²) in [6, 6.07) is 2.56. The van der Waals surface area contributed by atoms with Gasteiger partial charge in [0, 0.05) is 28.7 Å². The van der Waals surface area contributed by atoms with Crippen LogP contribution in [0.5, 0.6) is 0 Å². The molecule has 200 valence electrons. The Balaban J connectivity index is 0.000000271. The summed E-state index contributed by atoms with van der Waals surface area (Å²) in [5.41, 5.74) is 0.615. The van der Waals surface area contributed by atoms with E-state index in [4.69, 9.17) is 5.26 Å². The second kappa shape index (κ2) is 14.5. The van der Waals surface area contributed by atoms with E-state index in [1.165, 1.54) is 11.3 Å². The van der Waals surface area contributed by atoms with E-state index in [1.54, 1.807) is 17.7 Å². The molecule has 0 N–H and O–H groups in total. The molecule has 3 heterocycles. The Labute approximate surface area is 225 Å². The first-order valence-electron chi connectivity index (χ1n) is 12.7. The zero-order chi connectivity index (χ0) is 27.7. The first kappa shape index (κ1) is 31.8. The van der Waals surface area contributed by atoms with Gasteiger partial charge in [-0.3, -0.25) is 4.68 Å². The summed E-state index contributed by atoms with van der Waals surface area (Å²) >= 11 is 3.16. The third kappa shape index (κ3) is 9.36. The summed E-state index contributed by atoms with van der Waals surface area (Å²) in [5, 5.41) is 15.1. The van der Waals surface area contributed by atoms with Gasteiger partial charge >= 0.3 is 0 Å². The molecule has 6 nitrogen and oxygen atoms in total. The molecule has 3 rings (SSSR count). The maximum atomic E-state index is 13.1. The zero-order valence-electron chi connectivity index (χ0n) is 23.9. The van der Waals surface area contributed by atoms with Crippen molar-refractivity contribution < 1.29 is 4.39 Å². The van der Waals surface area contributed by atoms with Crippen molar-refractivity contribution in [1.82, 2.24) is 24.7 Å². The van der Waals surface area contributed by atoms with E-state index in [1.807, 2.05) is 32.4 Å². The maximum Gasteiger partial charge on any atom is 0.227 e. The molecule has 0 spiro atoms. The quantitative estimate of drug-likeness (QED) is 0.316. The summed E-state index contributed by atoms with van der Waals surface area (Å²) in [5.74, 6) is 2.48. The molecule has 0 aliphatic rings. The number of nitriles is 1. The molecule has 0 bridgehead atoms. The van der Waals surface area contributed by atoms with Crippen molar-refractivity contribution >= 4 is 22.7 Å². The highest BCUT2D eigenvalue weighted by atomic mass is 32.1. The Hall–Kier alpha value is -2.18. The van der Waals surface area contributed by atoms with Crippen LogP contribution < -0.4 is 0 Å². The lowest BCUT2D eigenvalue weighted by Crippen LogP contribution is -2.02. The molecular weight excluding hydrogens is 491 g/mol. The number of aromatic nitrogens is 5. The average Bonchev–Trinajstić information content (AvgIpc) is 3.52. The van der Waals surface area contributed by atoms with Gasteiger partial charge < -0.3 is 0 Å². The van der Waals surface area contributed by atoms with Crippen molar-refractivity contribution in [1.29, 1.82) is 5.26 Å². The van der Waals surface area contributed by atoms with Crippen molar-refractivity contribution in [2.24, 2.45) is 0 Å². The minimum absolute atomic E-state index is 0.245. The SMILES string of the molecule is CC(C)c1nc(C#N)c(C(C)C)s1.CC(C)c1nc(F)c(C(C)C)s1.CC(C)c1ncn(C(C)C)n1. The molecule has 9 heteroatoms. The fourth-order valence-corrected chi connectivity index (χ4v) is 4.78. The summed E-state index contributed by atoms with van der Waals surface area (Å²) < 4.78 is 15.0. The minimum atomic E-state index is -0.279. The fraction of sp³-hybridized carbons (Fsp3) is 0.667. The van der Waals surface area contributed by atoms with Crippen molar-refractivity contribution in [3.05, 3.63) is 43.6 Å². The van der Waals surface area contributed by atoms with Crippen LogP contribution in [0.3, 0.4) is 0 Å². The number of rotatable bonds is 6. The molecule has 3 aromatic heterocycles. The zero-order valence-corrected chi connectivity index (χ0v) is 25.6. The fourth-order valence-electron chi connectivity index (χ4n) is 2.80. The Morgan fingerprint density at radius 3 is 1.53 bits per heavy atom. The maximum absolute atomic E-state index is 13.1. The number of halogens is 1. The van der Waals surface area contributed by atoms with Gasteiger partial charge in [-0.1, -0.05) is 69.2 Å². The van der Waals surface area contributed by atoms with Crippen LogP contribution >= 0.6 is 22.7 Å². The molecule has 0 aromatic carbocycles. The van der Waals surface area contributed by atoms with Crippen LogP contribution in [0.25, 0.3) is 0 Å². The molecule has 0 atom stereocenters. The highest BCUT2D eigenvalue weighted by molar-refractivity contribution is 7.12. The largest absolute Gasteiger partial charge is 0.250 e. The van der Waals surface area contributed by atoms with Gasteiger partial charge in [0.2, 0.25) is 5.95 Å². The van der Waals surface area contributed by atoms with E-state index < -0.39 is 0 Å². The van der Waals surface area contributed by atoms with Crippen molar-refractivity contribution in [3.63, 3.8) is 0 Å². The van der Waals surface area contributed by atoms with Crippen LogP contribution in [0.1, 0.15) is 150 Å². The van der Waals surface area contributed by atoms with Gasteiger partial charge in [0.25, 0.3) is 0 Å². The molecule has 0 unspecified atom stereocenters. The Morgan fingerprint density at radius 2 is 1.25 bits per heavy atom. The second-order valence-electron chi connectivity index (χ2n) is 10.5. The molecule has 3 aromatic rings. The van der Waals surface area contributed by atoms with Crippen molar-refractivity contribution in [2.45, 2.75) is 119 Å². The van der Waals surface area contributed by atoms with Gasteiger partial charge in [0.1, 0.15) is 12.4 Å². The number of thiazole rings is 2. The standard InChI is InChI=1S/C10H14N2S.C9H14FNS.C8H15N3/c1-6(2)9-8(5-11)12-10(13-9)7(3)4;1-5(2)7-8(10)11-9(12-7)6(3)4;1-6(2)8-9-5-11(10-8)7(3)4/h6-7H,1-4H3;5-6H,1-4H3;5-7H,1-4H3. The minimum Gasteiger partial charge on any atom is -0.250 e. The first-order valence-corrected chi connectivity index (χ1v) is 14.3. The summed E-state index contributed by atoms with van der Waals surface area (Å²) in [6.45, 7) is 24.8. The number of hydrogen-bond donors (Lipinski definition) is 0. The molecule has 36 heavy (non-hydrogen) atoms. The van der Waals surface area contributed by atoms with Crippen molar-refractivity contribution in [3.8, 4) is 6.07 Å². The summed E-state index contributed by atoms with van der Waals surface area (Å²) in [4.78, 5) is 14.3. The van der Waals surface area contributed by atoms with Gasteiger partial charge in [0.15, 0.2) is 11.5 Å². The Bertz CT molecular complexity index is 1080. The average molecular weight is 535 g/mol. The van der Waals surface area contributed by atoms with E-state index in [0.29, 0.717) is 35.4 Å². The van der Waals surface area contributed by atoms with E-state index >= 15 is 0 Å². The molecule has 0 aliphatic heterocycles. The van der Waals surface area contributed by atoms with Gasteiger partial charge in [-0.2, -0.15) is 14.8 Å². The molecule has 0 saturated heterocycles. The third-order valence-electron chi connectivity index (χ3n) is 5.01. The van der Waals surface area contributed by atoms with Crippen LogP contribution in [0, 0.1) is 17.3 Å². The van der Waals surface area contributed by atoms with E-state index in [2.05, 4.69) is 81.5 Å². The lowest BCUT2D eigenvalue weighted by molar-refractivity contribution is 0.522. The predicted molar refractivity (Wildman–Crippen MR) is 150 cm³/mol.